The smallest absolute Gasteiger partial charge is 0.318 e. The van der Waals surface area contributed by atoms with E-state index >= 15 is 4.79 Å². The van der Waals surface area contributed by atoms with Gasteiger partial charge in [0.15, 0.2) is 23.0 Å². The standard InChI is InChI=1S/C64H67N3O10/c1-75-59-32-49-48(31-58(59)73)51-27-40-35-64(21-19-38(34-64)36-67-55-20-22-65-54(55)33-56(67)39-7-6-8-41(69)26-39)52-30-42(70)15-17-47(52)62(40)50(49)29-43(71)28-44(16-13-37-14-18-57(72)60(25-37)76-24-23-68)77-61(74)12-5-3-10-46-45-9-2-4-11-53(45)66-63(46)51/h2,4,6-9,11,14,18,20,22,25-27,31-33,38,40,42,44,47,50,52,62,65-66,68-70,72-73H,10,12-13,15-17,19,21,23-24,28-30,34-36H2,1H3. The van der Waals surface area contributed by atoms with Gasteiger partial charge >= 0.3 is 5.97 Å². The second-order valence-corrected chi connectivity index (χ2v) is 22.6. The number of Topliss-reactive ketones (excluding diaryl/α,β-unsaturated/α-hetero) is 1. The van der Waals surface area contributed by atoms with Crippen molar-refractivity contribution in [1.82, 2.24) is 14.5 Å². The number of benzene rings is 4. The number of aromatic amines is 2. The summed E-state index contributed by atoms with van der Waals surface area (Å²) < 4.78 is 20.1. The molecule has 4 heterocycles. The third-order valence-electron chi connectivity index (χ3n) is 18.2. The Labute approximate surface area is 447 Å². The zero-order valence-corrected chi connectivity index (χ0v) is 43.5. The summed E-state index contributed by atoms with van der Waals surface area (Å²) >= 11 is 0. The molecule has 2 bridgehead atoms. The Hall–Kier alpha value is -7.40. The highest BCUT2D eigenvalue weighted by Gasteiger charge is 2.58. The minimum absolute atomic E-state index is 0.00389. The molecule has 4 aromatic carbocycles. The molecule has 7 aromatic rings. The summed E-state index contributed by atoms with van der Waals surface area (Å²) in [7, 11) is 1.56. The van der Waals surface area contributed by atoms with E-state index in [1.54, 1.807) is 25.3 Å². The lowest BCUT2D eigenvalue weighted by Gasteiger charge is -2.57. The van der Waals surface area contributed by atoms with E-state index in [0.717, 1.165) is 105 Å². The number of nitrogens with zero attached hydrogens (tertiary/aromatic N) is 1. The summed E-state index contributed by atoms with van der Waals surface area (Å²) in [4.78, 5) is 36.2. The van der Waals surface area contributed by atoms with Crippen molar-refractivity contribution in [3.63, 3.8) is 0 Å². The molecule has 5 aliphatic rings. The number of carbonyl (C=O) groups is 2. The van der Waals surface area contributed by atoms with Crippen molar-refractivity contribution in [3.8, 4) is 51.8 Å². The number of carbonyl (C=O) groups excluding carboxylic acids is 2. The topological polar surface area (TPSA) is 199 Å². The highest BCUT2D eigenvalue weighted by atomic mass is 16.5. The Bertz CT molecular complexity index is 3480. The number of aromatic nitrogens is 3. The van der Waals surface area contributed by atoms with Crippen LogP contribution < -0.4 is 9.47 Å². The predicted molar refractivity (Wildman–Crippen MR) is 294 cm³/mol. The maximum Gasteiger partial charge on any atom is 0.318 e. The van der Waals surface area contributed by atoms with Crippen molar-refractivity contribution in [1.29, 1.82) is 0 Å². The predicted octanol–water partition coefficient (Wildman–Crippen LogP) is 10.9. The number of phenols is 3. The molecule has 1 spiro atoms. The number of allylic oxidation sites excluding steroid dienone is 1. The molecule has 13 heteroatoms. The monoisotopic (exact) mass is 1040 g/mol. The molecule has 0 amide bonds. The number of ether oxygens (including phenoxy) is 3. The SMILES string of the molecule is COc1cc2c(cc1O)C1=CC3CC4(CCC(Cn5c(-c6cccc(O)c6)cc6[nH]ccc65)C4)C4CC(O)CCC4C3C2CC(=O)CC(CCc2ccc(O)c(OCCO)c2)OC(=O)CC#CCc2c1[nH]c1ccccc21. The second-order valence-electron chi connectivity index (χ2n) is 22.6. The maximum atomic E-state index is 15.3. The molecule has 3 aromatic heterocycles. The van der Waals surface area contributed by atoms with Gasteiger partial charge in [-0.2, -0.15) is 0 Å². The number of fused-ring (bicyclic) bond motifs is 10. The van der Waals surface area contributed by atoms with Gasteiger partial charge in [-0.1, -0.05) is 54.3 Å². The molecule has 9 unspecified atom stereocenters. The molecule has 0 saturated heterocycles. The molecule has 4 aliphatic carbocycles. The fourth-order valence-electron chi connectivity index (χ4n) is 15.0. The number of cyclic esters (lactones) is 1. The Morgan fingerprint density at radius 2 is 1.74 bits per heavy atom. The fraction of sp³-hybridized carbons (Fsp3) is 0.406. The molecule has 7 N–H and O–H groups in total. The van der Waals surface area contributed by atoms with Crippen molar-refractivity contribution in [2.75, 3.05) is 20.3 Å². The van der Waals surface area contributed by atoms with E-state index in [1.165, 1.54) is 6.07 Å². The second kappa shape index (κ2) is 20.9. The lowest BCUT2D eigenvalue weighted by atomic mass is 9.47. The fourth-order valence-corrected chi connectivity index (χ4v) is 15.0. The molecule has 1 aliphatic heterocycles. The molecular formula is C64H67N3O10. The highest BCUT2D eigenvalue weighted by Crippen LogP contribution is 2.67. The van der Waals surface area contributed by atoms with Gasteiger partial charge in [-0.3, -0.25) is 9.59 Å². The van der Waals surface area contributed by atoms with Gasteiger partial charge in [0.25, 0.3) is 0 Å². The lowest BCUT2D eigenvalue weighted by Crippen LogP contribution is -2.51. The average molecular weight is 1040 g/mol. The molecule has 398 valence electrons. The number of methoxy groups -OCH3 is 1. The van der Waals surface area contributed by atoms with E-state index in [-0.39, 0.29) is 96.3 Å². The number of hydrogen-bond donors (Lipinski definition) is 7. The molecule has 9 atom stereocenters. The Kier molecular flexibility index (Phi) is 13.7. The van der Waals surface area contributed by atoms with Crippen LogP contribution in [0.25, 0.3) is 38.8 Å². The van der Waals surface area contributed by atoms with Crippen molar-refractivity contribution in [2.45, 2.75) is 108 Å². The number of phenolic OH excluding ortho intramolecular Hbond substituents is 3. The minimum Gasteiger partial charge on any atom is -0.508 e. The van der Waals surface area contributed by atoms with E-state index in [1.807, 2.05) is 42.6 Å². The van der Waals surface area contributed by atoms with Gasteiger partial charge in [0.05, 0.1) is 42.2 Å². The Morgan fingerprint density at radius 3 is 2.60 bits per heavy atom. The molecule has 3 saturated carbocycles. The van der Waals surface area contributed by atoms with E-state index in [4.69, 9.17) is 14.2 Å². The number of para-hydroxylation sites is 1. The van der Waals surface area contributed by atoms with E-state index in [2.05, 4.69) is 62.8 Å². The first-order valence-electron chi connectivity index (χ1n) is 27.6. The van der Waals surface area contributed by atoms with Crippen molar-refractivity contribution in [2.24, 2.45) is 35.0 Å². The van der Waals surface area contributed by atoms with Crippen LogP contribution in [0.4, 0.5) is 0 Å². The lowest BCUT2D eigenvalue weighted by molar-refractivity contribution is -0.149. The van der Waals surface area contributed by atoms with Crippen LogP contribution in [0.5, 0.6) is 28.7 Å². The quantitative estimate of drug-likeness (QED) is 0.0511. The summed E-state index contributed by atoms with van der Waals surface area (Å²) in [6.45, 7) is 0.610. The van der Waals surface area contributed by atoms with Crippen molar-refractivity contribution in [3.05, 3.63) is 131 Å². The van der Waals surface area contributed by atoms with Gasteiger partial charge in [-0.05, 0) is 176 Å². The number of nitrogens with one attached hydrogen (secondary N) is 2. The highest BCUT2D eigenvalue weighted by molar-refractivity contribution is 5.94. The number of aromatic hydroxyl groups is 3. The average Bonchev–Trinajstić information content (AvgIpc) is 4.39. The van der Waals surface area contributed by atoms with Crippen LogP contribution in [-0.2, 0) is 33.7 Å². The summed E-state index contributed by atoms with van der Waals surface area (Å²) in [5.41, 5.74) is 10.4. The first-order valence-corrected chi connectivity index (χ1v) is 27.6. The third kappa shape index (κ3) is 9.65. The molecular weight excluding hydrogens is 971 g/mol. The molecule has 0 radical (unpaired) electrons. The van der Waals surface area contributed by atoms with Gasteiger partial charge in [0.1, 0.15) is 30.7 Å². The first kappa shape index (κ1) is 50.4. The van der Waals surface area contributed by atoms with Gasteiger partial charge in [0.2, 0.25) is 0 Å². The van der Waals surface area contributed by atoms with E-state index < -0.39 is 18.2 Å². The number of rotatable bonds is 10. The molecule has 3 fully saturated rings. The number of aliphatic hydroxyl groups is 2. The van der Waals surface area contributed by atoms with Crippen LogP contribution in [0.2, 0.25) is 0 Å². The van der Waals surface area contributed by atoms with Gasteiger partial charge < -0.3 is 54.3 Å². The number of aliphatic hydroxyl groups excluding tert-OH is 2. The largest absolute Gasteiger partial charge is 0.508 e. The number of aryl methyl sites for hydroxylation is 1. The van der Waals surface area contributed by atoms with Crippen LogP contribution in [-0.4, -0.2) is 84.4 Å². The van der Waals surface area contributed by atoms with Crippen LogP contribution >= 0.6 is 0 Å². The summed E-state index contributed by atoms with van der Waals surface area (Å²) in [6.07, 6.45) is 10.4. The van der Waals surface area contributed by atoms with Gasteiger partial charge in [-0.15, -0.1) is 0 Å². The van der Waals surface area contributed by atoms with Gasteiger partial charge in [0, 0.05) is 54.0 Å². The van der Waals surface area contributed by atoms with E-state index in [0.29, 0.717) is 43.8 Å². The van der Waals surface area contributed by atoms with Crippen LogP contribution in [0.15, 0.2) is 103 Å². The van der Waals surface area contributed by atoms with Crippen molar-refractivity contribution < 1.29 is 49.3 Å². The van der Waals surface area contributed by atoms with E-state index in [9.17, 15) is 30.3 Å². The Balaban J connectivity index is 0.968. The first-order chi connectivity index (χ1) is 37.4. The normalized spacial score (nSPS) is 26.2. The third-order valence-corrected chi connectivity index (χ3v) is 18.2. The molecule has 77 heavy (non-hydrogen) atoms. The van der Waals surface area contributed by atoms with Crippen LogP contribution in [0.1, 0.15) is 104 Å². The number of ketones is 1. The van der Waals surface area contributed by atoms with Gasteiger partial charge in [-0.25, -0.2) is 0 Å². The Morgan fingerprint density at radius 1 is 0.870 bits per heavy atom. The number of hydrogen-bond acceptors (Lipinski definition) is 10. The molecule has 12 rings (SSSR count). The zero-order chi connectivity index (χ0) is 53.0. The van der Waals surface area contributed by atoms with Crippen LogP contribution in [0.3, 0.4) is 0 Å². The maximum absolute atomic E-state index is 15.3. The summed E-state index contributed by atoms with van der Waals surface area (Å²) in [6, 6.07) is 28.8. The summed E-state index contributed by atoms with van der Waals surface area (Å²) in [5.74, 6) is 6.95. The zero-order valence-electron chi connectivity index (χ0n) is 43.5. The van der Waals surface area contributed by atoms with Crippen molar-refractivity contribution >= 4 is 39.3 Å². The van der Waals surface area contributed by atoms with Crippen LogP contribution in [0, 0.1) is 46.8 Å². The summed E-state index contributed by atoms with van der Waals surface area (Å²) in [5, 5.41) is 55.0. The number of esters is 1. The minimum atomic E-state index is -0.770. The molecule has 13 nitrogen and oxygen atoms in total. The number of H-pyrrole nitrogens is 2.